The van der Waals surface area contributed by atoms with E-state index in [1.54, 1.807) is 12.1 Å². The van der Waals surface area contributed by atoms with Gasteiger partial charge in [0.25, 0.3) is 0 Å². The van der Waals surface area contributed by atoms with Gasteiger partial charge in [-0.25, -0.2) is 4.79 Å². The van der Waals surface area contributed by atoms with E-state index in [2.05, 4.69) is 0 Å². The second-order valence-electron chi connectivity index (χ2n) is 3.61. The Labute approximate surface area is 80.1 Å². The SMILES string of the molecule is O=C1OC2(COC2)c2ccc(O)cc21. The van der Waals surface area contributed by atoms with Gasteiger partial charge in [-0.2, -0.15) is 0 Å². The molecule has 4 nitrogen and oxygen atoms in total. The van der Waals surface area contributed by atoms with E-state index >= 15 is 0 Å². The van der Waals surface area contributed by atoms with Gasteiger partial charge in [0.1, 0.15) is 5.75 Å². The molecular weight excluding hydrogens is 184 g/mol. The highest BCUT2D eigenvalue weighted by atomic mass is 16.6. The molecule has 1 fully saturated rings. The van der Waals surface area contributed by atoms with Crippen LogP contribution in [0.1, 0.15) is 15.9 Å². The lowest BCUT2D eigenvalue weighted by Gasteiger charge is -2.36. The van der Waals surface area contributed by atoms with Crippen LogP contribution in [0.3, 0.4) is 0 Å². The summed E-state index contributed by atoms with van der Waals surface area (Å²) in [5, 5.41) is 9.24. The smallest absolute Gasteiger partial charge is 0.339 e. The third-order valence-corrected chi connectivity index (χ3v) is 2.67. The summed E-state index contributed by atoms with van der Waals surface area (Å²) in [6.45, 7) is 0.826. The van der Waals surface area contributed by atoms with E-state index in [4.69, 9.17) is 9.47 Å². The van der Waals surface area contributed by atoms with E-state index < -0.39 is 5.60 Å². The molecule has 0 aromatic heterocycles. The number of carbonyl (C=O) groups excluding carboxylic acids is 1. The van der Waals surface area contributed by atoms with Gasteiger partial charge in [0.05, 0.1) is 18.8 Å². The molecular formula is C10H8O4. The molecule has 4 heteroatoms. The Bertz CT molecular complexity index is 420. The van der Waals surface area contributed by atoms with Gasteiger partial charge in [-0.1, -0.05) is 6.07 Å². The van der Waals surface area contributed by atoms with Crippen molar-refractivity contribution in [3.8, 4) is 5.75 Å². The van der Waals surface area contributed by atoms with Crippen molar-refractivity contribution in [2.75, 3.05) is 13.2 Å². The molecule has 0 aliphatic carbocycles. The summed E-state index contributed by atoms with van der Waals surface area (Å²) < 4.78 is 10.3. The van der Waals surface area contributed by atoms with E-state index in [-0.39, 0.29) is 11.7 Å². The fourth-order valence-electron chi connectivity index (χ4n) is 1.89. The van der Waals surface area contributed by atoms with Crippen molar-refractivity contribution in [1.82, 2.24) is 0 Å². The highest BCUT2D eigenvalue weighted by Crippen LogP contribution is 2.42. The van der Waals surface area contributed by atoms with Crippen LogP contribution in [0.4, 0.5) is 0 Å². The lowest BCUT2D eigenvalue weighted by molar-refractivity contribution is -0.179. The van der Waals surface area contributed by atoms with Gasteiger partial charge >= 0.3 is 5.97 Å². The molecule has 2 heterocycles. The molecule has 1 spiro atoms. The average Bonchev–Trinajstić information content (AvgIpc) is 2.39. The third kappa shape index (κ3) is 0.786. The van der Waals surface area contributed by atoms with Crippen molar-refractivity contribution in [2.45, 2.75) is 5.60 Å². The Hall–Kier alpha value is -1.55. The van der Waals surface area contributed by atoms with Crippen LogP contribution in [0.2, 0.25) is 0 Å². The maximum absolute atomic E-state index is 11.4. The molecule has 0 bridgehead atoms. The molecule has 2 aliphatic rings. The molecule has 1 N–H and O–H groups in total. The molecule has 1 aromatic rings. The van der Waals surface area contributed by atoms with Crippen molar-refractivity contribution < 1.29 is 19.4 Å². The maximum atomic E-state index is 11.4. The van der Waals surface area contributed by atoms with Crippen LogP contribution in [0, 0.1) is 0 Å². The zero-order valence-electron chi connectivity index (χ0n) is 7.32. The summed E-state index contributed by atoms with van der Waals surface area (Å²) in [6, 6.07) is 4.71. The normalized spacial score (nSPS) is 21.6. The average molecular weight is 192 g/mol. The first-order valence-corrected chi connectivity index (χ1v) is 4.36. The number of fused-ring (bicyclic) bond motifs is 2. The first-order chi connectivity index (χ1) is 6.71. The zero-order chi connectivity index (χ0) is 9.76. The quantitative estimate of drug-likeness (QED) is 0.617. The molecule has 72 valence electrons. The molecule has 1 aromatic carbocycles. The van der Waals surface area contributed by atoms with Crippen LogP contribution in [-0.2, 0) is 15.1 Å². The van der Waals surface area contributed by atoms with Crippen molar-refractivity contribution in [2.24, 2.45) is 0 Å². The minimum Gasteiger partial charge on any atom is -0.508 e. The predicted octanol–water partition coefficient (Wildman–Crippen LogP) is 0.788. The van der Waals surface area contributed by atoms with Gasteiger partial charge in [-0.3, -0.25) is 0 Å². The second-order valence-corrected chi connectivity index (χ2v) is 3.61. The topological polar surface area (TPSA) is 55.8 Å². The van der Waals surface area contributed by atoms with Crippen molar-refractivity contribution in [3.63, 3.8) is 0 Å². The number of ether oxygens (including phenoxy) is 2. The number of rotatable bonds is 0. The largest absolute Gasteiger partial charge is 0.508 e. The molecule has 0 amide bonds. The minimum atomic E-state index is -0.569. The highest BCUT2D eigenvalue weighted by Gasteiger charge is 2.51. The molecule has 2 aliphatic heterocycles. The Balaban J connectivity index is 2.19. The van der Waals surface area contributed by atoms with E-state index in [0.29, 0.717) is 18.8 Å². The van der Waals surface area contributed by atoms with Crippen LogP contribution < -0.4 is 0 Å². The number of esters is 1. The van der Waals surface area contributed by atoms with Crippen LogP contribution >= 0.6 is 0 Å². The Morgan fingerprint density at radius 2 is 2.14 bits per heavy atom. The maximum Gasteiger partial charge on any atom is 0.339 e. The van der Waals surface area contributed by atoms with E-state index in [0.717, 1.165) is 5.56 Å². The molecule has 1 saturated heterocycles. The molecule has 0 radical (unpaired) electrons. The minimum absolute atomic E-state index is 0.0815. The third-order valence-electron chi connectivity index (χ3n) is 2.67. The van der Waals surface area contributed by atoms with Crippen LogP contribution in [0.5, 0.6) is 5.75 Å². The predicted molar refractivity (Wildman–Crippen MR) is 46.0 cm³/mol. The van der Waals surface area contributed by atoms with Gasteiger partial charge in [0.15, 0.2) is 5.60 Å². The number of hydrogen-bond donors (Lipinski definition) is 1. The first kappa shape index (κ1) is 7.82. The van der Waals surface area contributed by atoms with E-state index in [9.17, 15) is 9.90 Å². The standard InChI is InChI=1S/C10H8O4/c11-6-1-2-8-7(3-6)9(12)14-10(8)4-13-5-10/h1-3,11H,4-5H2. The zero-order valence-corrected chi connectivity index (χ0v) is 7.32. The molecule has 14 heavy (non-hydrogen) atoms. The van der Waals surface area contributed by atoms with Crippen molar-refractivity contribution in [1.29, 1.82) is 0 Å². The second kappa shape index (κ2) is 2.27. The fraction of sp³-hybridized carbons (Fsp3) is 0.300. The summed E-state index contributed by atoms with van der Waals surface area (Å²) in [4.78, 5) is 11.4. The monoisotopic (exact) mass is 192 g/mol. The van der Waals surface area contributed by atoms with Gasteiger partial charge < -0.3 is 14.6 Å². The van der Waals surface area contributed by atoms with Gasteiger partial charge in [0, 0.05) is 5.56 Å². The highest BCUT2D eigenvalue weighted by molar-refractivity contribution is 5.95. The number of phenolic OH excluding ortho intramolecular Hbond substituents is 1. The Kier molecular flexibility index (Phi) is 1.27. The lowest BCUT2D eigenvalue weighted by Crippen LogP contribution is -2.46. The number of carbonyl (C=O) groups is 1. The molecule has 0 atom stereocenters. The summed E-state index contributed by atoms with van der Waals surface area (Å²) in [5.74, 6) is -0.294. The molecule has 0 saturated carbocycles. The molecule has 3 rings (SSSR count). The summed E-state index contributed by atoms with van der Waals surface area (Å²) in [6.07, 6.45) is 0. The number of aromatic hydroxyl groups is 1. The van der Waals surface area contributed by atoms with Gasteiger partial charge in [-0.15, -0.1) is 0 Å². The van der Waals surface area contributed by atoms with Gasteiger partial charge in [0.2, 0.25) is 0 Å². The Morgan fingerprint density at radius 1 is 1.36 bits per heavy atom. The fourth-order valence-corrected chi connectivity index (χ4v) is 1.89. The lowest BCUT2D eigenvalue weighted by atomic mass is 9.91. The van der Waals surface area contributed by atoms with Crippen LogP contribution in [0.25, 0.3) is 0 Å². The number of benzene rings is 1. The van der Waals surface area contributed by atoms with Crippen molar-refractivity contribution in [3.05, 3.63) is 29.3 Å². The number of phenols is 1. The summed E-state index contributed by atoms with van der Waals surface area (Å²) in [5.41, 5.74) is 0.708. The van der Waals surface area contributed by atoms with E-state index in [1.807, 2.05) is 0 Å². The van der Waals surface area contributed by atoms with Crippen LogP contribution in [-0.4, -0.2) is 24.3 Å². The van der Waals surface area contributed by atoms with Crippen molar-refractivity contribution >= 4 is 5.97 Å². The van der Waals surface area contributed by atoms with Crippen LogP contribution in [0.15, 0.2) is 18.2 Å². The van der Waals surface area contributed by atoms with Gasteiger partial charge in [-0.05, 0) is 12.1 Å². The summed E-state index contributed by atoms with van der Waals surface area (Å²) in [7, 11) is 0. The molecule has 0 unspecified atom stereocenters. The summed E-state index contributed by atoms with van der Waals surface area (Å²) >= 11 is 0. The Morgan fingerprint density at radius 3 is 2.79 bits per heavy atom. The first-order valence-electron chi connectivity index (χ1n) is 4.36. The van der Waals surface area contributed by atoms with E-state index in [1.165, 1.54) is 6.07 Å². The number of hydrogen-bond acceptors (Lipinski definition) is 4.